The molecule has 38 heavy (non-hydrogen) atoms. The first-order valence-corrected chi connectivity index (χ1v) is 13.9. The Morgan fingerprint density at radius 2 is 2.03 bits per heavy atom. The van der Waals surface area contributed by atoms with Crippen molar-refractivity contribution in [1.29, 1.82) is 0 Å². The highest BCUT2D eigenvalue weighted by Gasteiger charge is 2.67. The van der Waals surface area contributed by atoms with E-state index >= 15 is 0 Å². The fourth-order valence-corrected chi connectivity index (χ4v) is 7.26. The molecule has 5 N–H and O–H groups in total. The van der Waals surface area contributed by atoms with Gasteiger partial charge in [0.2, 0.25) is 5.91 Å². The van der Waals surface area contributed by atoms with E-state index in [0.29, 0.717) is 36.9 Å². The maximum atomic E-state index is 13.1. The Hall–Kier alpha value is -2.95. The molecule has 1 amide bonds. The first-order valence-electron chi connectivity index (χ1n) is 13.9. The summed E-state index contributed by atoms with van der Waals surface area (Å²) in [5.74, 6) is 4.97. The number of benzene rings is 1. The van der Waals surface area contributed by atoms with Crippen LogP contribution in [0, 0.1) is 17.8 Å². The molecule has 5 aliphatic rings. The van der Waals surface area contributed by atoms with Crippen molar-refractivity contribution in [2.75, 3.05) is 35.7 Å². The third-order valence-corrected chi connectivity index (χ3v) is 9.48. The minimum Gasteiger partial charge on any atom is -0.497 e. The Bertz CT molecular complexity index is 1270. The van der Waals surface area contributed by atoms with Crippen LogP contribution < -0.4 is 31.1 Å². The van der Waals surface area contributed by atoms with E-state index in [1.54, 1.807) is 7.11 Å². The molecule has 4 fully saturated rings. The van der Waals surface area contributed by atoms with Crippen molar-refractivity contribution in [2.24, 2.45) is 17.8 Å². The first-order chi connectivity index (χ1) is 18.4. The molecule has 3 aliphatic heterocycles. The number of anilines is 3. The predicted molar refractivity (Wildman–Crippen MR) is 144 cm³/mol. The summed E-state index contributed by atoms with van der Waals surface area (Å²) >= 11 is 0. The standard InChI is InChI=1S/C28H37N7O3/c1-14(2)25-30-23(10-24(32-25)35-12-16(36)13-35)31-26-18-6-4-15(8-22(18)33-34-26)20-11-28(20)19-9-17(38-3)5-7-21(19)29-27(28)37/h5,7,9-10,14-16,18,20,22,26,33-34,36H,4,6,8,11-13H2,1-3H3,(H,29,37)(H,30,31,32)/t15?,18?,20-,22?,26?,28-/m0/s1. The molecule has 202 valence electrons. The van der Waals surface area contributed by atoms with Gasteiger partial charge in [-0.25, -0.2) is 15.4 Å². The molecule has 10 nitrogen and oxygen atoms in total. The highest BCUT2D eigenvalue weighted by Crippen LogP contribution is 2.65. The SMILES string of the molecule is COc1ccc2c(c1)[C@]1(C[C@H]1C1CCC3C(C1)NNC3Nc1cc(N3CC(O)C3)nc(C(C)C)n1)C(=O)N2. The highest BCUT2D eigenvalue weighted by molar-refractivity contribution is 6.09. The molecule has 10 heteroatoms. The van der Waals surface area contributed by atoms with E-state index in [1.807, 2.05) is 18.2 Å². The average Bonchev–Trinajstić information content (AvgIpc) is 3.45. The van der Waals surface area contributed by atoms with Crippen molar-refractivity contribution in [1.82, 2.24) is 20.8 Å². The van der Waals surface area contributed by atoms with Crippen molar-refractivity contribution in [3.8, 4) is 5.75 Å². The predicted octanol–water partition coefficient (Wildman–Crippen LogP) is 2.33. The zero-order valence-corrected chi connectivity index (χ0v) is 22.2. The number of nitrogens with one attached hydrogen (secondary N) is 4. The van der Waals surface area contributed by atoms with Crippen LogP contribution in [0.5, 0.6) is 5.75 Å². The number of hydrogen-bond donors (Lipinski definition) is 5. The van der Waals surface area contributed by atoms with E-state index < -0.39 is 0 Å². The highest BCUT2D eigenvalue weighted by atomic mass is 16.5. The molecule has 1 spiro atoms. The van der Waals surface area contributed by atoms with E-state index in [9.17, 15) is 9.90 Å². The lowest BCUT2D eigenvalue weighted by atomic mass is 9.74. The van der Waals surface area contributed by atoms with Gasteiger partial charge in [0, 0.05) is 42.7 Å². The van der Waals surface area contributed by atoms with Crippen LogP contribution in [-0.4, -0.2) is 59.5 Å². The van der Waals surface area contributed by atoms with Crippen LogP contribution in [0.25, 0.3) is 0 Å². The van der Waals surface area contributed by atoms with Crippen LogP contribution in [0.3, 0.4) is 0 Å². The van der Waals surface area contributed by atoms with Crippen molar-refractivity contribution >= 4 is 23.2 Å². The van der Waals surface area contributed by atoms with Gasteiger partial charge in [-0.15, -0.1) is 0 Å². The largest absolute Gasteiger partial charge is 0.497 e. The number of rotatable bonds is 6. The number of aromatic nitrogens is 2. The fraction of sp³-hybridized carbons (Fsp3) is 0.607. The van der Waals surface area contributed by atoms with Gasteiger partial charge in [-0.1, -0.05) is 13.8 Å². The second-order valence-electron chi connectivity index (χ2n) is 12.1. The molecule has 4 unspecified atom stereocenters. The van der Waals surface area contributed by atoms with E-state index in [4.69, 9.17) is 14.7 Å². The first kappa shape index (κ1) is 24.1. The number of hydrogen-bond acceptors (Lipinski definition) is 9. The number of fused-ring (bicyclic) bond motifs is 3. The zero-order chi connectivity index (χ0) is 26.2. The van der Waals surface area contributed by atoms with Gasteiger partial charge in [0.15, 0.2) is 0 Å². The van der Waals surface area contributed by atoms with E-state index in [2.05, 4.69) is 46.3 Å². The molecule has 7 rings (SSSR count). The van der Waals surface area contributed by atoms with Crippen LogP contribution in [0.2, 0.25) is 0 Å². The van der Waals surface area contributed by atoms with Crippen molar-refractivity contribution in [2.45, 2.75) is 69.2 Å². The molecule has 1 aromatic carbocycles. The zero-order valence-electron chi connectivity index (χ0n) is 22.2. The van der Waals surface area contributed by atoms with Gasteiger partial charge >= 0.3 is 0 Å². The lowest BCUT2D eigenvalue weighted by molar-refractivity contribution is -0.118. The van der Waals surface area contributed by atoms with Gasteiger partial charge in [-0.3, -0.25) is 10.2 Å². The van der Waals surface area contributed by atoms with E-state index in [-0.39, 0.29) is 29.5 Å². The van der Waals surface area contributed by atoms with Gasteiger partial charge in [-0.2, -0.15) is 0 Å². The van der Waals surface area contributed by atoms with Gasteiger partial charge in [0.1, 0.15) is 23.2 Å². The van der Waals surface area contributed by atoms with Crippen LogP contribution in [0.4, 0.5) is 17.3 Å². The van der Waals surface area contributed by atoms with Crippen LogP contribution in [0.15, 0.2) is 24.3 Å². The maximum absolute atomic E-state index is 13.1. The Labute approximate surface area is 222 Å². The molecular formula is C28H37N7O3. The van der Waals surface area contributed by atoms with Crippen LogP contribution in [-0.2, 0) is 10.2 Å². The van der Waals surface area contributed by atoms with Crippen LogP contribution >= 0.6 is 0 Å². The number of carbonyl (C=O) groups excluding carboxylic acids is 1. The Morgan fingerprint density at radius 1 is 1.18 bits per heavy atom. The average molecular weight is 520 g/mol. The number of methoxy groups -OCH3 is 1. The minimum atomic E-state index is -0.389. The number of β-amino-alcohol motifs (C(OH)–C–C–N with tert-alkyl or cyclic N) is 1. The molecule has 0 bridgehead atoms. The Kier molecular flexibility index (Phi) is 5.58. The van der Waals surface area contributed by atoms with Crippen molar-refractivity contribution in [3.05, 3.63) is 35.7 Å². The summed E-state index contributed by atoms with van der Waals surface area (Å²) in [6, 6.07) is 8.28. The van der Waals surface area contributed by atoms with Gasteiger partial charge in [0.25, 0.3) is 0 Å². The fourth-order valence-electron chi connectivity index (χ4n) is 7.26. The summed E-state index contributed by atoms with van der Waals surface area (Å²) in [6.45, 7) is 5.43. The minimum absolute atomic E-state index is 0.0682. The summed E-state index contributed by atoms with van der Waals surface area (Å²) in [6.07, 6.45) is 3.95. The molecule has 1 aromatic heterocycles. The normalized spacial score (nSPS) is 33.7. The molecule has 2 aromatic rings. The van der Waals surface area contributed by atoms with Crippen molar-refractivity contribution in [3.63, 3.8) is 0 Å². The third kappa shape index (κ3) is 3.76. The second-order valence-corrected chi connectivity index (χ2v) is 12.1. The topological polar surface area (TPSA) is 124 Å². The number of amides is 1. The lowest BCUT2D eigenvalue weighted by Crippen LogP contribution is -2.51. The molecule has 2 saturated heterocycles. The molecule has 4 heterocycles. The molecule has 2 saturated carbocycles. The summed E-state index contributed by atoms with van der Waals surface area (Å²) in [5, 5.41) is 16.5. The smallest absolute Gasteiger partial charge is 0.235 e. The Balaban J connectivity index is 1.04. The third-order valence-electron chi connectivity index (χ3n) is 9.48. The summed E-state index contributed by atoms with van der Waals surface area (Å²) in [5.41, 5.74) is 8.70. The summed E-state index contributed by atoms with van der Waals surface area (Å²) in [4.78, 5) is 24.8. The number of aliphatic hydroxyl groups is 1. The maximum Gasteiger partial charge on any atom is 0.235 e. The summed E-state index contributed by atoms with van der Waals surface area (Å²) < 4.78 is 5.46. The monoisotopic (exact) mass is 519 g/mol. The van der Waals surface area contributed by atoms with E-state index in [0.717, 1.165) is 60.1 Å². The number of ether oxygens (including phenoxy) is 1. The number of carbonyl (C=O) groups is 1. The molecule has 6 atom stereocenters. The second kappa shape index (κ2) is 8.79. The molecular weight excluding hydrogens is 482 g/mol. The Morgan fingerprint density at radius 3 is 2.79 bits per heavy atom. The number of hydrazine groups is 1. The molecule has 0 radical (unpaired) electrons. The van der Waals surface area contributed by atoms with Gasteiger partial charge < -0.3 is 25.4 Å². The lowest BCUT2D eigenvalue weighted by Gasteiger charge is -2.37. The van der Waals surface area contributed by atoms with Crippen molar-refractivity contribution < 1.29 is 14.6 Å². The van der Waals surface area contributed by atoms with Gasteiger partial charge in [0.05, 0.1) is 24.8 Å². The quantitative estimate of drug-likeness (QED) is 0.391. The van der Waals surface area contributed by atoms with Crippen LogP contribution in [0.1, 0.15) is 56.8 Å². The number of nitrogens with zero attached hydrogens (tertiary/aromatic N) is 3. The summed E-state index contributed by atoms with van der Waals surface area (Å²) in [7, 11) is 1.68. The number of aliphatic hydroxyl groups excluding tert-OH is 1. The van der Waals surface area contributed by atoms with E-state index in [1.165, 1.54) is 0 Å². The molecule has 2 aliphatic carbocycles. The van der Waals surface area contributed by atoms with Gasteiger partial charge in [-0.05, 0) is 61.3 Å².